The molecule has 0 amide bonds. The summed E-state index contributed by atoms with van der Waals surface area (Å²) in [5, 5.41) is 9.01. The normalized spacial score (nSPS) is 9.74. The zero-order valence-electron chi connectivity index (χ0n) is 10.4. The van der Waals surface area contributed by atoms with Crippen LogP contribution in [0, 0.1) is 11.3 Å². The van der Waals surface area contributed by atoms with E-state index in [9.17, 15) is 0 Å². The van der Waals surface area contributed by atoms with E-state index >= 15 is 0 Å². The fraction of sp³-hybridized carbons (Fsp3) is 0.133. The van der Waals surface area contributed by atoms with Crippen molar-refractivity contribution in [2.75, 3.05) is 7.11 Å². The Balaban J connectivity index is 2.09. The van der Waals surface area contributed by atoms with E-state index in [1.54, 1.807) is 19.2 Å². The standard InChI is InChI=1S/C15H12BrNO2/c1-18-14-6-2-11(3-7-14)10-19-15-8-13(16)5-4-12(15)9-17/h2-8H,10H2,1H3. The number of nitriles is 1. The van der Waals surface area contributed by atoms with Crippen LogP contribution in [0.25, 0.3) is 0 Å². The fourth-order valence-corrected chi connectivity index (χ4v) is 1.93. The molecule has 0 aromatic heterocycles. The van der Waals surface area contributed by atoms with Crippen LogP contribution in [0.3, 0.4) is 0 Å². The van der Waals surface area contributed by atoms with Gasteiger partial charge in [-0.3, -0.25) is 0 Å². The van der Waals surface area contributed by atoms with Crippen molar-refractivity contribution in [3.8, 4) is 17.6 Å². The van der Waals surface area contributed by atoms with Crippen LogP contribution >= 0.6 is 15.9 Å². The van der Waals surface area contributed by atoms with Crippen molar-refractivity contribution in [2.45, 2.75) is 6.61 Å². The summed E-state index contributed by atoms with van der Waals surface area (Å²) in [5.74, 6) is 1.39. The van der Waals surface area contributed by atoms with Crippen molar-refractivity contribution in [1.82, 2.24) is 0 Å². The molecule has 2 aromatic carbocycles. The number of hydrogen-bond acceptors (Lipinski definition) is 3. The molecule has 0 aliphatic rings. The number of hydrogen-bond donors (Lipinski definition) is 0. The topological polar surface area (TPSA) is 42.2 Å². The van der Waals surface area contributed by atoms with Gasteiger partial charge in [0.05, 0.1) is 12.7 Å². The zero-order valence-corrected chi connectivity index (χ0v) is 12.0. The second-order valence-corrected chi connectivity index (χ2v) is 4.80. The molecule has 0 bridgehead atoms. The molecule has 4 heteroatoms. The molecule has 0 saturated heterocycles. The SMILES string of the molecule is COc1ccc(COc2cc(Br)ccc2C#N)cc1. The molecule has 19 heavy (non-hydrogen) atoms. The maximum Gasteiger partial charge on any atom is 0.138 e. The quantitative estimate of drug-likeness (QED) is 0.858. The van der Waals surface area contributed by atoms with Crippen molar-refractivity contribution < 1.29 is 9.47 Å². The Labute approximate surface area is 120 Å². The van der Waals surface area contributed by atoms with Gasteiger partial charge >= 0.3 is 0 Å². The number of methoxy groups -OCH3 is 1. The highest BCUT2D eigenvalue weighted by atomic mass is 79.9. The minimum absolute atomic E-state index is 0.412. The predicted molar refractivity (Wildman–Crippen MR) is 76.2 cm³/mol. The molecule has 0 radical (unpaired) electrons. The number of rotatable bonds is 4. The van der Waals surface area contributed by atoms with Crippen molar-refractivity contribution in [2.24, 2.45) is 0 Å². The van der Waals surface area contributed by atoms with Crippen LogP contribution in [0.4, 0.5) is 0 Å². The summed E-state index contributed by atoms with van der Waals surface area (Å²) >= 11 is 3.36. The van der Waals surface area contributed by atoms with E-state index in [1.807, 2.05) is 30.3 Å². The van der Waals surface area contributed by atoms with E-state index in [0.29, 0.717) is 17.9 Å². The molecule has 2 rings (SSSR count). The van der Waals surface area contributed by atoms with Gasteiger partial charge < -0.3 is 9.47 Å². The van der Waals surface area contributed by atoms with Crippen LogP contribution < -0.4 is 9.47 Å². The Hall–Kier alpha value is -1.99. The Kier molecular flexibility index (Phi) is 4.43. The minimum Gasteiger partial charge on any atom is -0.497 e. The maximum atomic E-state index is 9.01. The first-order valence-corrected chi connectivity index (χ1v) is 6.47. The molecule has 0 saturated carbocycles. The van der Waals surface area contributed by atoms with Gasteiger partial charge in [0.25, 0.3) is 0 Å². The molecule has 0 atom stereocenters. The molecular weight excluding hydrogens is 306 g/mol. The van der Waals surface area contributed by atoms with Gasteiger partial charge in [0, 0.05) is 4.47 Å². The highest BCUT2D eigenvalue weighted by Gasteiger charge is 2.04. The Morgan fingerprint density at radius 2 is 1.89 bits per heavy atom. The number of ether oxygens (including phenoxy) is 2. The molecule has 0 aliphatic heterocycles. The highest BCUT2D eigenvalue weighted by Crippen LogP contribution is 2.24. The molecule has 0 unspecified atom stereocenters. The first-order chi connectivity index (χ1) is 9.22. The lowest BCUT2D eigenvalue weighted by atomic mass is 10.2. The lowest BCUT2D eigenvalue weighted by molar-refractivity contribution is 0.305. The second-order valence-electron chi connectivity index (χ2n) is 3.89. The van der Waals surface area contributed by atoms with Gasteiger partial charge in [0.2, 0.25) is 0 Å². The van der Waals surface area contributed by atoms with E-state index in [1.165, 1.54) is 0 Å². The number of benzene rings is 2. The van der Waals surface area contributed by atoms with Crippen LogP contribution in [0.5, 0.6) is 11.5 Å². The Morgan fingerprint density at radius 1 is 1.16 bits per heavy atom. The molecule has 96 valence electrons. The van der Waals surface area contributed by atoms with Gasteiger partial charge in [0.1, 0.15) is 24.2 Å². The summed E-state index contributed by atoms with van der Waals surface area (Å²) in [6.07, 6.45) is 0. The third-order valence-electron chi connectivity index (χ3n) is 2.62. The Bertz CT molecular complexity index is 603. The summed E-state index contributed by atoms with van der Waals surface area (Å²) in [6.45, 7) is 0.412. The lowest BCUT2D eigenvalue weighted by Gasteiger charge is -2.09. The van der Waals surface area contributed by atoms with Gasteiger partial charge in [-0.25, -0.2) is 0 Å². The van der Waals surface area contributed by atoms with Crippen LogP contribution in [0.2, 0.25) is 0 Å². The molecule has 2 aromatic rings. The van der Waals surface area contributed by atoms with Gasteiger partial charge in [0.15, 0.2) is 0 Å². The first kappa shape index (κ1) is 13.4. The van der Waals surface area contributed by atoms with Gasteiger partial charge in [-0.1, -0.05) is 28.1 Å². The predicted octanol–water partition coefficient (Wildman–Crippen LogP) is 3.91. The van der Waals surface area contributed by atoms with E-state index in [4.69, 9.17) is 14.7 Å². The van der Waals surface area contributed by atoms with Gasteiger partial charge in [-0.05, 0) is 35.9 Å². The second kappa shape index (κ2) is 6.26. The monoisotopic (exact) mass is 317 g/mol. The molecule has 3 nitrogen and oxygen atoms in total. The van der Waals surface area contributed by atoms with E-state index in [2.05, 4.69) is 22.0 Å². The van der Waals surface area contributed by atoms with Crippen molar-refractivity contribution in [3.63, 3.8) is 0 Å². The van der Waals surface area contributed by atoms with Crippen molar-refractivity contribution in [1.29, 1.82) is 5.26 Å². The summed E-state index contributed by atoms with van der Waals surface area (Å²) in [7, 11) is 1.63. The number of halogens is 1. The molecule has 0 N–H and O–H groups in total. The minimum atomic E-state index is 0.412. The summed E-state index contributed by atoms with van der Waals surface area (Å²) in [5.41, 5.74) is 1.54. The lowest BCUT2D eigenvalue weighted by Crippen LogP contribution is -1.97. The largest absolute Gasteiger partial charge is 0.497 e. The van der Waals surface area contributed by atoms with Crippen molar-refractivity contribution >= 4 is 15.9 Å². The average Bonchev–Trinajstić information content (AvgIpc) is 2.46. The van der Waals surface area contributed by atoms with Crippen molar-refractivity contribution in [3.05, 3.63) is 58.1 Å². The van der Waals surface area contributed by atoms with Crippen LogP contribution in [0.15, 0.2) is 46.9 Å². The zero-order chi connectivity index (χ0) is 13.7. The third kappa shape index (κ3) is 3.49. The molecular formula is C15H12BrNO2. The molecule has 0 aliphatic carbocycles. The van der Waals surface area contributed by atoms with E-state index in [-0.39, 0.29) is 0 Å². The summed E-state index contributed by atoms with van der Waals surface area (Å²) in [6, 6.07) is 15.1. The van der Waals surface area contributed by atoms with Gasteiger partial charge in [-0.15, -0.1) is 0 Å². The average molecular weight is 318 g/mol. The highest BCUT2D eigenvalue weighted by molar-refractivity contribution is 9.10. The summed E-state index contributed by atoms with van der Waals surface area (Å²) < 4.78 is 11.7. The third-order valence-corrected chi connectivity index (χ3v) is 3.11. The molecule has 0 spiro atoms. The van der Waals surface area contributed by atoms with E-state index < -0.39 is 0 Å². The van der Waals surface area contributed by atoms with Gasteiger partial charge in [-0.2, -0.15) is 5.26 Å². The molecule has 0 heterocycles. The maximum absolute atomic E-state index is 9.01. The first-order valence-electron chi connectivity index (χ1n) is 5.68. The smallest absolute Gasteiger partial charge is 0.138 e. The van der Waals surface area contributed by atoms with E-state index in [0.717, 1.165) is 15.8 Å². The van der Waals surface area contributed by atoms with Crippen LogP contribution in [-0.2, 0) is 6.61 Å². The number of nitrogens with zero attached hydrogens (tertiary/aromatic N) is 1. The Morgan fingerprint density at radius 3 is 2.53 bits per heavy atom. The van der Waals surface area contributed by atoms with Crippen LogP contribution in [0.1, 0.15) is 11.1 Å². The fourth-order valence-electron chi connectivity index (χ4n) is 1.59. The molecule has 0 fully saturated rings. The van der Waals surface area contributed by atoms with Crippen LogP contribution in [-0.4, -0.2) is 7.11 Å². The summed E-state index contributed by atoms with van der Waals surface area (Å²) in [4.78, 5) is 0.